The van der Waals surface area contributed by atoms with Crippen LogP contribution in [0.4, 0.5) is 0 Å². The average Bonchev–Trinajstić information content (AvgIpc) is 3.16. The second-order valence-corrected chi connectivity index (χ2v) is 9.63. The van der Waals surface area contributed by atoms with Gasteiger partial charge in [0.1, 0.15) is 10.4 Å². The monoisotopic (exact) mass is 427 g/mol. The Balaban J connectivity index is 1.65. The maximum Gasteiger partial charge on any atom is 0.266 e. The number of hydrogen-bond donors (Lipinski definition) is 4. The van der Waals surface area contributed by atoms with Crippen molar-refractivity contribution < 1.29 is 13.5 Å². The molecule has 9 heteroatoms. The molecule has 1 aliphatic heterocycles. The predicted molar refractivity (Wildman–Crippen MR) is 114 cm³/mol. The molecule has 0 saturated carbocycles. The largest absolute Gasteiger partial charge is 0.507 e. The van der Waals surface area contributed by atoms with Gasteiger partial charge >= 0.3 is 0 Å². The molecule has 2 aromatic heterocycles. The van der Waals surface area contributed by atoms with Crippen LogP contribution < -0.4 is 15.6 Å². The van der Waals surface area contributed by atoms with E-state index in [9.17, 15) is 18.3 Å². The summed E-state index contributed by atoms with van der Waals surface area (Å²) in [5.41, 5.74) is 1.67. The molecule has 29 heavy (non-hydrogen) atoms. The summed E-state index contributed by atoms with van der Waals surface area (Å²) in [5, 5.41) is 16.9. The zero-order chi connectivity index (χ0) is 20.2. The molecule has 2 aromatic carbocycles. The molecule has 5 rings (SSSR count). The van der Waals surface area contributed by atoms with Gasteiger partial charge in [-0.25, -0.2) is 13.1 Å². The van der Waals surface area contributed by atoms with Gasteiger partial charge in [-0.3, -0.25) is 4.79 Å². The maximum atomic E-state index is 12.5. The fourth-order valence-corrected chi connectivity index (χ4v) is 5.62. The van der Waals surface area contributed by atoms with Gasteiger partial charge in [-0.2, -0.15) is 0 Å². The number of aromatic amines is 1. The summed E-state index contributed by atoms with van der Waals surface area (Å²) in [5.74, 6) is 0.0614. The summed E-state index contributed by atoms with van der Waals surface area (Å²) < 4.78 is 28.3. The predicted octanol–water partition coefficient (Wildman–Crippen LogP) is 2.37. The highest BCUT2D eigenvalue weighted by atomic mass is 32.2. The molecule has 1 saturated heterocycles. The highest BCUT2D eigenvalue weighted by Crippen LogP contribution is 2.39. The van der Waals surface area contributed by atoms with Crippen LogP contribution in [-0.2, 0) is 10.0 Å². The Bertz CT molecular complexity index is 1400. The number of phenolic OH excluding ortho intramolecular Hbond substituents is 1. The van der Waals surface area contributed by atoms with Gasteiger partial charge in [0.2, 0.25) is 10.0 Å². The van der Waals surface area contributed by atoms with Crippen molar-refractivity contribution in [1.29, 1.82) is 0 Å². The molecule has 0 unspecified atom stereocenters. The first kappa shape index (κ1) is 18.3. The van der Waals surface area contributed by atoms with Crippen molar-refractivity contribution in [3.05, 3.63) is 58.2 Å². The van der Waals surface area contributed by atoms with Gasteiger partial charge < -0.3 is 15.4 Å². The molecule has 0 aliphatic carbocycles. The SMILES string of the molecule is O=c1[nH]c2ccc(O)c(-c3ccc(S(=O)(=O)NC4CNC4)cc3)c2c2ccsc12. The van der Waals surface area contributed by atoms with Crippen LogP contribution in [0, 0.1) is 0 Å². The third-order valence-electron chi connectivity index (χ3n) is 5.13. The van der Waals surface area contributed by atoms with Crippen LogP contribution in [-0.4, -0.2) is 37.6 Å². The number of aromatic nitrogens is 1. The fraction of sp³-hybridized carbons (Fsp3) is 0.150. The van der Waals surface area contributed by atoms with Crippen LogP contribution in [0.3, 0.4) is 0 Å². The Morgan fingerprint density at radius 2 is 1.83 bits per heavy atom. The van der Waals surface area contributed by atoms with Crippen LogP contribution >= 0.6 is 11.3 Å². The summed E-state index contributed by atoms with van der Waals surface area (Å²) in [6.07, 6.45) is 0. The summed E-state index contributed by atoms with van der Waals surface area (Å²) >= 11 is 1.34. The van der Waals surface area contributed by atoms with Gasteiger partial charge in [0.05, 0.1) is 4.90 Å². The summed E-state index contributed by atoms with van der Waals surface area (Å²) in [7, 11) is -3.60. The molecule has 1 fully saturated rings. The van der Waals surface area contributed by atoms with E-state index in [1.807, 2.05) is 11.4 Å². The van der Waals surface area contributed by atoms with Crippen molar-refractivity contribution in [3.8, 4) is 16.9 Å². The van der Waals surface area contributed by atoms with Crippen LogP contribution in [0.15, 0.2) is 57.5 Å². The van der Waals surface area contributed by atoms with Gasteiger partial charge in [-0.1, -0.05) is 12.1 Å². The minimum absolute atomic E-state index is 0.0614. The number of aromatic hydroxyl groups is 1. The number of H-pyrrole nitrogens is 1. The van der Waals surface area contributed by atoms with E-state index in [1.54, 1.807) is 18.2 Å². The number of thiophene rings is 1. The highest BCUT2D eigenvalue weighted by molar-refractivity contribution is 7.89. The molecule has 3 heterocycles. The summed E-state index contributed by atoms with van der Waals surface area (Å²) in [6, 6.07) is 11.4. The Kier molecular flexibility index (Phi) is 4.21. The van der Waals surface area contributed by atoms with Crippen molar-refractivity contribution in [2.24, 2.45) is 0 Å². The molecule has 0 amide bonds. The lowest BCUT2D eigenvalue weighted by Crippen LogP contribution is -2.56. The number of pyridine rings is 1. The molecular weight excluding hydrogens is 410 g/mol. The number of nitrogens with one attached hydrogen (secondary N) is 3. The van der Waals surface area contributed by atoms with E-state index in [-0.39, 0.29) is 22.2 Å². The van der Waals surface area contributed by atoms with Crippen molar-refractivity contribution in [3.63, 3.8) is 0 Å². The summed E-state index contributed by atoms with van der Waals surface area (Å²) in [6.45, 7) is 1.24. The van der Waals surface area contributed by atoms with Gasteiger partial charge in [0.15, 0.2) is 0 Å². The molecule has 0 radical (unpaired) electrons. The third kappa shape index (κ3) is 3.03. The maximum absolute atomic E-state index is 12.5. The number of phenols is 1. The highest BCUT2D eigenvalue weighted by Gasteiger charge is 2.24. The van der Waals surface area contributed by atoms with Crippen LogP contribution in [0.2, 0.25) is 0 Å². The first-order valence-corrected chi connectivity index (χ1v) is 11.4. The standard InChI is InChI=1S/C20H17N3O4S2/c24-16-6-5-15-18(14-7-8-28-19(14)20(25)22-15)17(16)11-1-3-13(4-2-11)29(26,27)23-12-9-21-10-12/h1-8,12,21,23-24H,9-10H2,(H,22,25). The molecule has 0 spiro atoms. The lowest BCUT2D eigenvalue weighted by Gasteiger charge is -2.27. The number of fused-ring (bicyclic) bond motifs is 3. The Labute approximate surface area is 170 Å². The number of sulfonamides is 1. The molecule has 0 bridgehead atoms. The molecule has 7 nitrogen and oxygen atoms in total. The van der Waals surface area contributed by atoms with E-state index in [1.165, 1.54) is 29.5 Å². The average molecular weight is 428 g/mol. The van der Waals surface area contributed by atoms with E-state index in [0.717, 1.165) is 10.8 Å². The minimum atomic E-state index is -3.60. The third-order valence-corrected chi connectivity index (χ3v) is 7.58. The van der Waals surface area contributed by atoms with E-state index in [4.69, 9.17) is 0 Å². The van der Waals surface area contributed by atoms with Gasteiger partial charge in [-0.15, -0.1) is 11.3 Å². The second-order valence-electron chi connectivity index (χ2n) is 7.00. The van der Waals surface area contributed by atoms with Gasteiger partial charge in [0, 0.05) is 41.0 Å². The van der Waals surface area contributed by atoms with Crippen LogP contribution in [0.1, 0.15) is 0 Å². The molecule has 4 N–H and O–H groups in total. The first-order chi connectivity index (χ1) is 13.9. The van der Waals surface area contributed by atoms with Crippen molar-refractivity contribution in [1.82, 2.24) is 15.0 Å². The number of rotatable bonds is 4. The number of benzene rings is 2. The fourth-order valence-electron chi connectivity index (χ4n) is 3.59. The van der Waals surface area contributed by atoms with E-state index >= 15 is 0 Å². The lowest BCUT2D eigenvalue weighted by molar-refractivity contribution is 0.410. The number of hydrogen-bond acceptors (Lipinski definition) is 6. The first-order valence-electron chi connectivity index (χ1n) is 9.03. The zero-order valence-corrected chi connectivity index (χ0v) is 16.7. The lowest BCUT2D eigenvalue weighted by atomic mass is 9.97. The second kappa shape index (κ2) is 6.67. The van der Waals surface area contributed by atoms with E-state index in [2.05, 4.69) is 15.0 Å². The zero-order valence-electron chi connectivity index (χ0n) is 15.1. The van der Waals surface area contributed by atoms with E-state index < -0.39 is 10.0 Å². The summed E-state index contributed by atoms with van der Waals surface area (Å²) in [4.78, 5) is 15.3. The Morgan fingerprint density at radius 3 is 2.52 bits per heavy atom. The smallest absolute Gasteiger partial charge is 0.266 e. The Morgan fingerprint density at radius 1 is 1.07 bits per heavy atom. The van der Waals surface area contributed by atoms with Crippen LogP contribution in [0.5, 0.6) is 5.75 Å². The van der Waals surface area contributed by atoms with Gasteiger partial charge in [0.25, 0.3) is 5.56 Å². The molecule has 4 aromatic rings. The van der Waals surface area contributed by atoms with Crippen LogP contribution in [0.25, 0.3) is 32.1 Å². The molecule has 1 aliphatic rings. The quantitative estimate of drug-likeness (QED) is 0.400. The van der Waals surface area contributed by atoms with Gasteiger partial charge in [-0.05, 0) is 41.3 Å². The van der Waals surface area contributed by atoms with Crippen molar-refractivity contribution in [2.45, 2.75) is 10.9 Å². The molecule has 148 valence electrons. The van der Waals surface area contributed by atoms with E-state index in [0.29, 0.717) is 34.4 Å². The van der Waals surface area contributed by atoms with Crippen molar-refractivity contribution >= 4 is 42.3 Å². The molecule has 0 atom stereocenters. The molecular formula is C20H17N3O4S2. The van der Waals surface area contributed by atoms with Crippen molar-refractivity contribution in [2.75, 3.05) is 13.1 Å². The Hall–Kier alpha value is -2.72. The minimum Gasteiger partial charge on any atom is -0.507 e. The topological polar surface area (TPSA) is 111 Å². The normalized spacial score (nSPS) is 15.0.